The Balaban J connectivity index is 2.47. The van der Waals surface area contributed by atoms with E-state index < -0.39 is 11.0 Å². The van der Waals surface area contributed by atoms with E-state index in [1.807, 2.05) is 6.92 Å². The smallest absolute Gasteiger partial charge is 0.411 e. The highest BCUT2D eigenvalue weighted by molar-refractivity contribution is 9.09. The van der Waals surface area contributed by atoms with Crippen molar-refractivity contribution in [1.82, 2.24) is 0 Å². The van der Waals surface area contributed by atoms with E-state index in [4.69, 9.17) is 4.74 Å². The van der Waals surface area contributed by atoms with Gasteiger partial charge in [-0.15, -0.1) is 0 Å². The van der Waals surface area contributed by atoms with Crippen LogP contribution in [0, 0.1) is 16.0 Å². The van der Waals surface area contributed by atoms with Crippen molar-refractivity contribution < 1.29 is 14.5 Å². The molecular weight excluding hydrogens is 304 g/mol. The zero-order chi connectivity index (χ0) is 13.5. The number of carbonyl (C=O) groups excluding carboxylic acids is 1. The first kappa shape index (κ1) is 14.4. The van der Waals surface area contributed by atoms with Crippen LogP contribution in [0.2, 0.25) is 0 Å². The molecule has 0 heterocycles. The number of benzene rings is 1. The normalized spacial score (nSPS) is 11.7. The van der Waals surface area contributed by atoms with Gasteiger partial charge in [-0.3, -0.25) is 15.4 Å². The number of hydrogen-bond acceptors (Lipinski definition) is 4. The van der Waals surface area contributed by atoms with Crippen LogP contribution in [0.1, 0.15) is 6.92 Å². The molecule has 0 spiro atoms. The van der Waals surface area contributed by atoms with Crippen LogP contribution < -0.4 is 5.32 Å². The summed E-state index contributed by atoms with van der Waals surface area (Å²) >= 11 is 3.28. The zero-order valence-corrected chi connectivity index (χ0v) is 11.3. The van der Waals surface area contributed by atoms with Crippen LogP contribution in [0.3, 0.4) is 0 Å². The van der Waals surface area contributed by atoms with E-state index in [1.54, 1.807) is 0 Å². The van der Waals surface area contributed by atoms with E-state index in [1.165, 1.54) is 24.3 Å². The quantitative estimate of drug-likeness (QED) is 0.514. The number of anilines is 1. The van der Waals surface area contributed by atoms with Crippen LogP contribution in [0.4, 0.5) is 16.2 Å². The predicted octanol–water partition coefficient (Wildman–Crippen LogP) is 3.17. The van der Waals surface area contributed by atoms with Gasteiger partial charge in [-0.25, -0.2) is 4.79 Å². The van der Waals surface area contributed by atoms with Crippen molar-refractivity contribution in [2.24, 2.45) is 5.92 Å². The van der Waals surface area contributed by atoms with Crippen molar-refractivity contribution in [3.8, 4) is 0 Å². The molecule has 1 amide bonds. The number of nitrogens with zero attached hydrogens (tertiary/aromatic N) is 1. The summed E-state index contributed by atoms with van der Waals surface area (Å²) in [5, 5.41) is 13.7. The number of rotatable bonds is 5. The molecule has 0 saturated heterocycles. The Morgan fingerprint density at radius 1 is 1.50 bits per heavy atom. The number of ether oxygens (including phenoxy) is 1. The second-order valence-electron chi connectivity index (χ2n) is 3.79. The highest BCUT2D eigenvalue weighted by atomic mass is 79.9. The number of halogens is 1. The number of nitro benzene ring substituents is 1. The van der Waals surface area contributed by atoms with Crippen LogP contribution in [-0.2, 0) is 4.74 Å². The fourth-order valence-electron chi connectivity index (χ4n) is 1.08. The van der Waals surface area contributed by atoms with Gasteiger partial charge in [0.1, 0.15) is 0 Å². The summed E-state index contributed by atoms with van der Waals surface area (Å²) in [5.41, 5.74) is 0.430. The summed E-state index contributed by atoms with van der Waals surface area (Å²) in [6, 6.07) is 5.54. The van der Waals surface area contributed by atoms with Crippen molar-refractivity contribution in [3.63, 3.8) is 0 Å². The lowest BCUT2D eigenvalue weighted by atomic mass is 10.2. The maximum absolute atomic E-state index is 11.4. The summed E-state index contributed by atoms with van der Waals surface area (Å²) in [5.74, 6) is 0.229. The molecule has 1 N–H and O–H groups in total. The highest BCUT2D eigenvalue weighted by Gasteiger charge is 2.08. The predicted molar refractivity (Wildman–Crippen MR) is 71.0 cm³/mol. The van der Waals surface area contributed by atoms with Crippen LogP contribution in [0.5, 0.6) is 0 Å². The lowest BCUT2D eigenvalue weighted by Crippen LogP contribution is -2.18. The molecule has 18 heavy (non-hydrogen) atoms. The minimum Gasteiger partial charge on any atom is -0.449 e. The molecule has 7 heteroatoms. The Hall–Kier alpha value is -1.63. The van der Waals surface area contributed by atoms with Crippen molar-refractivity contribution in [3.05, 3.63) is 34.4 Å². The number of alkyl halides is 1. The number of amides is 1. The largest absolute Gasteiger partial charge is 0.449 e. The molecule has 0 saturated carbocycles. The highest BCUT2D eigenvalue weighted by Crippen LogP contribution is 2.15. The Morgan fingerprint density at radius 3 is 2.61 bits per heavy atom. The van der Waals surface area contributed by atoms with E-state index >= 15 is 0 Å². The van der Waals surface area contributed by atoms with Crippen molar-refractivity contribution in [2.75, 3.05) is 17.3 Å². The summed E-state index contributed by atoms with van der Waals surface area (Å²) in [4.78, 5) is 21.3. The van der Waals surface area contributed by atoms with Gasteiger partial charge in [0.2, 0.25) is 0 Å². The van der Waals surface area contributed by atoms with E-state index in [-0.39, 0.29) is 11.6 Å². The number of nitro groups is 1. The lowest BCUT2D eigenvalue weighted by molar-refractivity contribution is -0.384. The zero-order valence-electron chi connectivity index (χ0n) is 9.76. The maximum Gasteiger partial charge on any atom is 0.411 e. The average Bonchev–Trinajstić information content (AvgIpc) is 2.36. The number of non-ortho nitro benzene ring substituents is 1. The fraction of sp³-hybridized carbons (Fsp3) is 0.364. The fourth-order valence-corrected chi connectivity index (χ4v) is 1.27. The van der Waals surface area contributed by atoms with Gasteiger partial charge in [0, 0.05) is 29.1 Å². The third kappa shape index (κ3) is 4.70. The SMILES string of the molecule is CC(CBr)COC(=O)Nc1ccc([N+](=O)[O-])cc1. The van der Waals surface area contributed by atoms with Crippen LogP contribution in [0.15, 0.2) is 24.3 Å². The number of carbonyl (C=O) groups is 1. The first-order chi connectivity index (χ1) is 8.52. The molecular formula is C11H13BrN2O4. The monoisotopic (exact) mass is 316 g/mol. The van der Waals surface area contributed by atoms with Crippen molar-refractivity contribution in [1.29, 1.82) is 0 Å². The molecule has 1 aromatic rings. The van der Waals surface area contributed by atoms with Gasteiger partial charge in [0.25, 0.3) is 5.69 Å². The topological polar surface area (TPSA) is 81.5 Å². The van der Waals surface area contributed by atoms with Gasteiger partial charge in [0.15, 0.2) is 0 Å². The minimum atomic E-state index is -0.573. The average molecular weight is 317 g/mol. The van der Waals surface area contributed by atoms with Gasteiger partial charge in [-0.05, 0) is 12.1 Å². The van der Waals surface area contributed by atoms with Gasteiger partial charge < -0.3 is 4.74 Å². The molecule has 1 unspecified atom stereocenters. The molecule has 1 rings (SSSR count). The first-order valence-electron chi connectivity index (χ1n) is 5.27. The third-order valence-electron chi connectivity index (χ3n) is 2.09. The summed E-state index contributed by atoms with van der Waals surface area (Å²) in [6.07, 6.45) is -0.573. The van der Waals surface area contributed by atoms with Crippen molar-refractivity contribution in [2.45, 2.75) is 6.92 Å². The van der Waals surface area contributed by atoms with Gasteiger partial charge in [-0.2, -0.15) is 0 Å². The molecule has 1 atom stereocenters. The van der Waals surface area contributed by atoms with Gasteiger partial charge in [-0.1, -0.05) is 22.9 Å². The first-order valence-corrected chi connectivity index (χ1v) is 6.39. The molecule has 0 aliphatic rings. The molecule has 6 nitrogen and oxygen atoms in total. The summed E-state index contributed by atoms with van der Waals surface area (Å²) in [7, 11) is 0. The van der Waals surface area contributed by atoms with Crippen LogP contribution in [-0.4, -0.2) is 23.0 Å². The minimum absolute atomic E-state index is 0.0261. The molecule has 0 aliphatic carbocycles. The lowest BCUT2D eigenvalue weighted by Gasteiger charge is -2.09. The standard InChI is InChI=1S/C11H13BrN2O4/c1-8(6-12)7-18-11(15)13-9-2-4-10(5-3-9)14(16)17/h2-5,8H,6-7H2,1H3,(H,13,15). The van der Waals surface area contributed by atoms with Crippen molar-refractivity contribution >= 4 is 33.4 Å². The second-order valence-corrected chi connectivity index (χ2v) is 4.43. The van der Waals surface area contributed by atoms with E-state index in [0.717, 1.165) is 5.33 Å². The third-order valence-corrected chi connectivity index (χ3v) is 3.19. The van der Waals surface area contributed by atoms with Gasteiger partial charge in [0.05, 0.1) is 11.5 Å². The van der Waals surface area contributed by atoms with E-state index in [9.17, 15) is 14.9 Å². The Labute approximate surface area is 113 Å². The second kappa shape index (κ2) is 6.95. The van der Waals surface area contributed by atoms with E-state index in [2.05, 4.69) is 21.2 Å². The molecule has 0 aromatic heterocycles. The maximum atomic E-state index is 11.4. The van der Waals surface area contributed by atoms with Gasteiger partial charge >= 0.3 is 6.09 Å². The molecule has 98 valence electrons. The summed E-state index contributed by atoms with van der Waals surface area (Å²) < 4.78 is 4.96. The Bertz CT molecular complexity index is 422. The number of nitrogens with one attached hydrogen (secondary N) is 1. The molecule has 0 radical (unpaired) electrons. The molecule has 0 aliphatic heterocycles. The van der Waals surface area contributed by atoms with E-state index in [0.29, 0.717) is 12.3 Å². The molecule has 1 aromatic carbocycles. The Morgan fingerprint density at radius 2 is 2.11 bits per heavy atom. The molecule has 0 bridgehead atoms. The number of hydrogen-bond donors (Lipinski definition) is 1. The summed E-state index contributed by atoms with van der Waals surface area (Å²) in [6.45, 7) is 2.25. The van der Waals surface area contributed by atoms with Crippen LogP contribution >= 0.6 is 15.9 Å². The van der Waals surface area contributed by atoms with Crippen LogP contribution in [0.25, 0.3) is 0 Å². The molecule has 0 fully saturated rings. The Kier molecular flexibility index (Phi) is 5.57.